The summed E-state index contributed by atoms with van der Waals surface area (Å²) in [5, 5.41) is 17.8. The largest absolute Gasteiger partial charge is 0.460 e. The lowest BCUT2D eigenvalue weighted by atomic mass is 9.64. The van der Waals surface area contributed by atoms with E-state index in [1.165, 1.54) is 4.80 Å². The Hall–Kier alpha value is -3.21. The Balaban J connectivity index is 1.63. The van der Waals surface area contributed by atoms with Crippen molar-refractivity contribution in [3.63, 3.8) is 0 Å². The Morgan fingerprint density at radius 3 is 2.53 bits per heavy atom. The Morgan fingerprint density at radius 2 is 1.91 bits per heavy atom. The number of hydrogen-bond donors (Lipinski definition) is 0. The second kappa shape index (κ2) is 8.38. The van der Waals surface area contributed by atoms with Gasteiger partial charge in [0, 0.05) is 18.5 Å². The van der Waals surface area contributed by atoms with Crippen molar-refractivity contribution in [2.24, 2.45) is 11.8 Å². The molecule has 8 nitrogen and oxygen atoms in total. The number of nitrogens with zero attached hydrogens (tertiary/aromatic N) is 5. The van der Waals surface area contributed by atoms with E-state index in [2.05, 4.69) is 23.2 Å². The molecule has 8 heteroatoms. The van der Waals surface area contributed by atoms with Crippen LogP contribution >= 0.6 is 0 Å². The molecule has 1 aromatic heterocycles. The highest BCUT2D eigenvalue weighted by atomic mass is 16.6. The first kappa shape index (κ1) is 22.0. The number of amides is 1. The number of esters is 1. The molecule has 3 aliphatic rings. The normalized spacial score (nSPS) is 24.4. The first-order valence-electron chi connectivity index (χ1n) is 11.1. The second-order valence-electron chi connectivity index (χ2n) is 9.81. The zero-order chi connectivity index (χ0) is 23.0. The third-order valence-electron chi connectivity index (χ3n) is 6.54. The van der Waals surface area contributed by atoms with E-state index in [0.29, 0.717) is 29.2 Å². The lowest BCUT2D eigenvalue weighted by Gasteiger charge is -2.57. The number of carbonyl (C=O) groups is 2. The molecule has 3 fully saturated rings. The first-order valence-corrected chi connectivity index (χ1v) is 11.1. The predicted octanol–water partition coefficient (Wildman–Crippen LogP) is 3.50. The average Bonchev–Trinajstić information content (AvgIpc) is 3.24. The van der Waals surface area contributed by atoms with Crippen LogP contribution in [0.5, 0.6) is 0 Å². The number of nitriles is 1. The Bertz CT molecular complexity index is 1040. The molecule has 1 amide bonds. The minimum Gasteiger partial charge on any atom is -0.460 e. The van der Waals surface area contributed by atoms with Gasteiger partial charge in [-0.3, -0.25) is 9.59 Å². The molecule has 2 aromatic rings. The van der Waals surface area contributed by atoms with Gasteiger partial charge in [0.15, 0.2) is 0 Å². The van der Waals surface area contributed by atoms with Crippen LogP contribution in [0.2, 0.25) is 0 Å². The molecule has 168 valence electrons. The smallest absolute Gasteiger partial charge is 0.306 e. The zero-order valence-corrected chi connectivity index (χ0v) is 19.0. The monoisotopic (exact) mass is 435 g/mol. The van der Waals surface area contributed by atoms with Crippen LogP contribution in [0.1, 0.15) is 69.3 Å². The maximum absolute atomic E-state index is 13.9. The van der Waals surface area contributed by atoms with E-state index in [1.807, 2.05) is 25.7 Å². The molecule has 1 aliphatic carbocycles. The predicted molar refractivity (Wildman–Crippen MR) is 117 cm³/mol. The summed E-state index contributed by atoms with van der Waals surface area (Å²) in [4.78, 5) is 29.6. The molecule has 1 saturated carbocycles. The molecule has 1 aromatic carbocycles. The van der Waals surface area contributed by atoms with Gasteiger partial charge in [-0.1, -0.05) is 6.92 Å². The van der Waals surface area contributed by atoms with Gasteiger partial charge < -0.3 is 9.64 Å². The summed E-state index contributed by atoms with van der Waals surface area (Å²) in [6, 6.07) is 7.19. The maximum atomic E-state index is 13.9. The number of hydrogen-bond acceptors (Lipinski definition) is 6. The SMILES string of the molecule is C[C@@H]1C2CC(C2)N(C(=O)c2cc(C#N)ccc2-n2nccn2)[C@@H]1CCC(=O)OC(C)(C)C. The van der Waals surface area contributed by atoms with Crippen molar-refractivity contribution in [3.8, 4) is 11.8 Å². The third kappa shape index (κ3) is 4.24. The molecule has 2 aliphatic heterocycles. The molecule has 32 heavy (non-hydrogen) atoms. The minimum absolute atomic E-state index is 0.0586. The van der Waals surface area contributed by atoms with E-state index < -0.39 is 5.60 Å². The van der Waals surface area contributed by atoms with Crippen molar-refractivity contribution in [3.05, 3.63) is 41.7 Å². The molecule has 2 saturated heterocycles. The van der Waals surface area contributed by atoms with Crippen LogP contribution in [-0.2, 0) is 9.53 Å². The van der Waals surface area contributed by atoms with E-state index in [4.69, 9.17) is 4.74 Å². The van der Waals surface area contributed by atoms with E-state index in [0.717, 1.165) is 12.8 Å². The van der Waals surface area contributed by atoms with Gasteiger partial charge in [0.1, 0.15) is 5.60 Å². The fourth-order valence-electron chi connectivity index (χ4n) is 4.93. The standard InChI is InChI=1S/C24H29N5O3/c1-15-17-12-18(13-17)28(20(15)7-8-22(30)32-24(2,3)4)23(31)19-11-16(14-25)5-6-21(19)29-26-9-10-27-29/h5-6,9-11,15,17-18,20H,7-8,12-13H2,1-4H3/t15-,17?,18?,20-/m1/s1. The molecule has 0 spiro atoms. The summed E-state index contributed by atoms with van der Waals surface area (Å²) in [5.74, 6) is 0.477. The van der Waals surface area contributed by atoms with Crippen molar-refractivity contribution < 1.29 is 14.3 Å². The van der Waals surface area contributed by atoms with Crippen LogP contribution in [0.4, 0.5) is 0 Å². The van der Waals surface area contributed by atoms with Crippen LogP contribution < -0.4 is 0 Å². The van der Waals surface area contributed by atoms with Crippen molar-refractivity contribution in [1.29, 1.82) is 5.26 Å². The zero-order valence-electron chi connectivity index (χ0n) is 19.0. The van der Waals surface area contributed by atoms with Crippen molar-refractivity contribution in [2.75, 3.05) is 0 Å². The summed E-state index contributed by atoms with van der Waals surface area (Å²) in [7, 11) is 0. The van der Waals surface area contributed by atoms with Gasteiger partial charge in [0.25, 0.3) is 5.91 Å². The van der Waals surface area contributed by atoms with E-state index in [1.54, 1.807) is 30.6 Å². The van der Waals surface area contributed by atoms with Crippen molar-refractivity contribution >= 4 is 11.9 Å². The number of carbonyl (C=O) groups excluding carboxylic acids is 2. The lowest BCUT2D eigenvalue weighted by molar-refractivity contribution is -0.156. The van der Waals surface area contributed by atoms with Gasteiger partial charge >= 0.3 is 5.97 Å². The summed E-state index contributed by atoms with van der Waals surface area (Å²) < 4.78 is 5.48. The van der Waals surface area contributed by atoms with Gasteiger partial charge in [0.05, 0.1) is 35.3 Å². The summed E-state index contributed by atoms with van der Waals surface area (Å²) in [5.41, 5.74) is 0.821. The molecule has 0 N–H and O–H groups in total. The van der Waals surface area contributed by atoms with E-state index in [9.17, 15) is 14.9 Å². The molecule has 2 bridgehead atoms. The number of aromatic nitrogens is 3. The molecule has 3 heterocycles. The second-order valence-corrected chi connectivity index (χ2v) is 9.81. The van der Waals surface area contributed by atoms with E-state index >= 15 is 0 Å². The number of benzene rings is 1. The highest BCUT2D eigenvalue weighted by Gasteiger charge is 2.50. The quantitative estimate of drug-likeness (QED) is 0.666. The highest BCUT2D eigenvalue weighted by molar-refractivity contribution is 5.98. The summed E-state index contributed by atoms with van der Waals surface area (Å²) in [6.07, 6.45) is 5.88. The topological polar surface area (TPSA) is 101 Å². The Kier molecular flexibility index (Phi) is 5.76. The number of ether oxygens (including phenoxy) is 1. The number of rotatable bonds is 5. The first-order chi connectivity index (χ1) is 15.2. The molecule has 5 rings (SSSR count). The number of fused-ring (bicyclic) bond motifs is 2. The van der Waals surface area contributed by atoms with Crippen LogP contribution in [0, 0.1) is 23.2 Å². The Labute approximate surface area is 188 Å². The molecular weight excluding hydrogens is 406 g/mol. The van der Waals surface area contributed by atoms with E-state index in [-0.39, 0.29) is 36.3 Å². The molecule has 0 radical (unpaired) electrons. The third-order valence-corrected chi connectivity index (χ3v) is 6.54. The molecule has 0 unspecified atom stereocenters. The Morgan fingerprint density at radius 1 is 1.22 bits per heavy atom. The minimum atomic E-state index is -0.531. The van der Waals surface area contributed by atoms with Crippen molar-refractivity contribution in [1.82, 2.24) is 19.9 Å². The van der Waals surface area contributed by atoms with Crippen LogP contribution in [0.3, 0.4) is 0 Å². The van der Waals surface area contributed by atoms with Crippen LogP contribution in [0.15, 0.2) is 30.6 Å². The van der Waals surface area contributed by atoms with Crippen molar-refractivity contribution in [2.45, 2.75) is 71.1 Å². The van der Waals surface area contributed by atoms with Gasteiger partial charge in [-0.15, -0.1) is 0 Å². The van der Waals surface area contributed by atoms with Gasteiger partial charge in [-0.2, -0.15) is 20.3 Å². The maximum Gasteiger partial charge on any atom is 0.306 e. The fraction of sp³-hybridized carbons (Fsp3) is 0.542. The van der Waals surface area contributed by atoms with Gasteiger partial charge in [0.2, 0.25) is 0 Å². The molecular formula is C24H29N5O3. The lowest BCUT2D eigenvalue weighted by Crippen LogP contribution is -2.63. The highest BCUT2D eigenvalue weighted by Crippen LogP contribution is 2.48. The summed E-state index contributed by atoms with van der Waals surface area (Å²) in [6.45, 7) is 7.73. The average molecular weight is 436 g/mol. The van der Waals surface area contributed by atoms with Crippen LogP contribution in [-0.4, -0.2) is 49.5 Å². The summed E-state index contributed by atoms with van der Waals surface area (Å²) >= 11 is 0. The van der Waals surface area contributed by atoms with Gasteiger partial charge in [-0.05, 0) is 70.1 Å². The number of piperidine rings is 2. The fourth-order valence-corrected chi connectivity index (χ4v) is 4.93. The van der Waals surface area contributed by atoms with Gasteiger partial charge in [-0.25, -0.2) is 0 Å². The molecule has 2 atom stereocenters. The van der Waals surface area contributed by atoms with Crippen LogP contribution in [0.25, 0.3) is 5.69 Å².